The number of furan rings is 1. The molecule has 5 aromatic rings. The van der Waals surface area contributed by atoms with Crippen LogP contribution in [0.4, 0.5) is 0 Å². The lowest BCUT2D eigenvalue weighted by Crippen LogP contribution is -1.98. The minimum atomic E-state index is 0.510. The molecule has 0 bridgehead atoms. The number of benzene rings is 4. The predicted molar refractivity (Wildman–Crippen MR) is 118 cm³/mol. The van der Waals surface area contributed by atoms with Crippen molar-refractivity contribution >= 4 is 46.0 Å². The first-order valence-electron chi connectivity index (χ1n) is 9.65. The summed E-state index contributed by atoms with van der Waals surface area (Å²) in [5.74, 6) is 0.510. The highest BCUT2D eigenvalue weighted by atomic mass is 16.3. The Labute approximate surface area is 159 Å². The maximum absolute atomic E-state index is 6.42. The molecule has 0 saturated carbocycles. The van der Waals surface area contributed by atoms with Gasteiger partial charge in [0, 0.05) is 16.3 Å². The Bertz CT molecular complexity index is 1410. The topological polar surface area (TPSA) is 13.1 Å². The van der Waals surface area contributed by atoms with E-state index in [9.17, 15) is 0 Å². The van der Waals surface area contributed by atoms with Gasteiger partial charge in [-0.05, 0) is 51.1 Å². The van der Waals surface area contributed by atoms with Gasteiger partial charge in [0.2, 0.25) is 0 Å². The minimum absolute atomic E-state index is 0.510. The molecule has 0 fully saturated rings. The van der Waals surface area contributed by atoms with Crippen LogP contribution in [0.3, 0.4) is 0 Å². The fraction of sp³-hybridized carbons (Fsp3) is 0.120. The third-order valence-electron chi connectivity index (χ3n) is 6.02. The summed E-state index contributed by atoms with van der Waals surface area (Å²) >= 11 is 0. The van der Waals surface area contributed by atoms with Crippen molar-refractivity contribution in [3.8, 4) is 22.3 Å². The van der Waals surface area contributed by atoms with E-state index >= 15 is 0 Å². The molecule has 1 aliphatic rings. The fourth-order valence-corrected chi connectivity index (χ4v) is 4.64. The quantitative estimate of drug-likeness (QED) is 0.345. The summed E-state index contributed by atoms with van der Waals surface area (Å²) in [4.78, 5) is 0. The van der Waals surface area contributed by atoms with Crippen molar-refractivity contribution in [2.75, 3.05) is 0 Å². The van der Waals surface area contributed by atoms with E-state index in [0.717, 1.165) is 11.2 Å². The minimum Gasteiger partial charge on any atom is -0.455 e. The van der Waals surface area contributed by atoms with Crippen LogP contribution in [-0.4, -0.2) is 7.85 Å². The predicted octanol–water partition coefficient (Wildman–Crippen LogP) is 5.77. The molecule has 0 atom stereocenters. The molecule has 1 aromatic heterocycles. The molecule has 128 valence electrons. The molecule has 1 heterocycles. The molecule has 0 spiro atoms. The zero-order valence-corrected chi connectivity index (χ0v) is 15.8. The Hall–Kier alpha value is -3.00. The molecule has 1 aliphatic carbocycles. The normalized spacial score (nSPS) is 12.6. The zero-order chi connectivity index (χ0) is 18.3. The van der Waals surface area contributed by atoms with Crippen LogP contribution in [-0.2, 0) is 0 Å². The van der Waals surface area contributed by atoms with Gasteiger partial charge in [0.05, 0.1) is 0 Å². The summed E-state index contributed by atoms with van der Waals surface area (Å²) < 4.78 is 6.42. The molecule has 6 rings (SSSR count). The first-order valence-corrected chi connectivity index (χ1v) is 9.65. The lowest BCUT2D eigenvalue weighted by atomic mass is 9.94. The zero-order valence-electron chi connectivity index (χ0n) is 15.8. The maximum Gasteiger partial charge on any atom is 0.143 e. The van der Waals surface area contributed by atoms with E-state index in [1.165, 1.54) is 54.8 Å². The first kappa shape index (κ1) is 15.1. The Kier molecular flexibility index (Phi) is 2.82. The number of fused-ring (bicyclic) bond motifs is 7. The molecule has 27 heavy (non-hydrogen) atoms. The van der Waals surface area contributed by atoms with Gasteiger partial charge < -0.3 is 4.42 Å². The van der Waals surface area contributed by atoms with Crippen molar-refractivity contribution in [2.45, 2.75) is 19.8 Å². The molecule has 0 amide bonds. The van der Waals surface area contributed by atoms with Gasteiger partial charge in [-0.3, -0.25) is 0 Å². The molecule has 0 unspecified atom stereocenters. The van der Waals surface area contributed by atoms with Gasteiger partial charge in [0.1, 0.15) is 19.0 Å². The highest BCUT2D eigenvalue weighted by molar-refractivity contribution is 6.33. The van der Waals surface area contributed by atoms with Crippen molar-refractivity contribution in [1.82, 2.24) is 0 Å². The third kappa shape index (κ3) is 1.90. The monoisotopic (exact) mass is 346 g/mol. The van der Waals surface area contributed by atoms with Gasteiger partial charge in [-0.25, -0.2) is 0 Å². The second-order valence-electron chi connectivity index (χ2n) is 8.09. The third-order valence-corrected chi connectivity index (χ3v) is 6.02. The fourth-order valence-electron chi connectivity index (χ4n) is 4.64. The molecule has 0 radical (unpaired) electrons. The maximum atomic E-state index is 6.42. The van der Waals surface area contributed by atoms with Crippen LogP contribution in [0.5, 0.6) is 0 Å². The molecule has 2 heteroatoms. The Morgan fingerprint density at radius 1 is 0.815 bits per heavy atom. The van der Waals surface area contributed by atoms with E-state index in [1.807, 2.05) is 0 Å². The van der Waals surface area contributed by atoms with Gasteiger partial charge in [-0.1, -0.05) is 67.8 Å². The molecular weight excluding hydrogens is 327 g/mol. The molecule has 1 nitrogen and oxygen atoms in total. The summed E-state index contributed by atoms with van der Waals surface area (Å²) in [7, 11) is 2.11. The van der Waals surface area contributed by atoms with Crippen LogP contribution in [0.25, 0.3) is 55.0 Å². The lowest BCUT2D eigenvalue weighted by Gasteiger charge is -2.10. The van der Waals surface area contributed by atoms with Gasteiger partial charge >= 0.3 is 0 Å². The molecule has 0 aliphatic heterocycles. The Morgan fingerprint density at radius 2 is 1.67 bits per heavy atom. The van der Waals surface area contributed by atoms with Crippen molar-refractivity contribution < 1.29 is 4.42 Å². The summed E-state index contributed by atoms with van der Waals surface area (Å²) in [5, 5.41) is 5.09. The van der Waals surface area contributed by atoms with Gasteiger partial charge in [0.15, 0.2) is 0 Å². The number of hydrogen-bond donors (Lipinski definition) is 0. The number of hydrogen-bond acceptors (Lipinski definition) is 1. The van der Waals surface area contributed by atoms with Crippen molar-refractivity contribution in [3.63, 3.8) is 0 Å². The Balaban J connectivity index is 1.79. The summed E-state index contributed by atoms with van der Waals surface area (Å²) in [6.45, 7) is 4.52. The SMILES string of the molecule is Bc1ccc2c(c1)oc1c3c(ccc12)-c1cc(C(C)C)cc2cccc-3c12. The van der Waals surface area contributed by atoms with Gasteiger partial charge in [0.25, 0.3) is 0 Å². The van der Waals surface area contributed by atoms with E-state index < -0.39 is 0 Å². The van der Waals surface area contributed by atoms with E-state index in [0.29, 0.717) is 5.92 Å². The highest BCUT2D eigenvalue weighted by Crippen LogP contribution is 2.52. The van der Waals surface area contributed by atoms with Crippen LogP contribution < -0.4 is 5.46 Å². The average Bonchev–Trinajstić information content (AvgIpc) is 3.18. The van der Waals surface area contributed by atoms with Gasteiger partial charge in [-0.15, -0.1) is 0 Å². The van der Waals surface area contributed by atoms with Gasteiger partial charge in [-0.2, -0.15) is 0 Å². The summed E-state index contributed by atoms with van der Waals surface area (Å²) in [5.41, 5.74) is 9.81. The van der Waals surface area contributed by atoms with E-state index in [4.69, 9.17) is 4.42 Å². The van der Waals surface area contributed by atoms with Crippen LogP contribution in [0, 0.1) is 0 Å². The van der Waals surface area contributed by atoms with Crippen LogP contribution in [0.15, 0.2) is 65.1 Å². The largest absolute Gasteiger partial charge is 0.455 e. The molecule has 0 saturated heterocycles. The summed E-state index contributed by atoms with van der Waals surface area (Å²) in [6, 6.07) is 22.4. The van der Waals surface area contributed by atoms with Crippen LogP contribution >= 0.6 is 0 Å². The first-order chi connectivity index (χ1) is 13.1. The summed E-state index contributed by atoms with van der Waals surface area (Å²) in [6.07, 6.45) is 0. The van der Waals surface area contributed by atoms with Crippen LogP contribution in [0.1, 0.15) is 25.3 Å². The van der Waals surface area contributed by atoms with Crippen LogP contribution in [0.2, 0.25) is 0 Å². The van der Waals surface area contributed by atoms with Crippen molar-refractivity contribution in [3.05, 3.63) is 66.2 Å². The average molecular weight is 346 g/mol. The van der Waals surface area contributed by atoms with Crippen molar-refractivity contribution in [2.24, 2.45) is 0 Å². The smallest absolute Gasteiger partial charge is 0.143 e. The lowest BCUT2D eigenvalue weighted by molar-refractivity contribution is 0.670. The molecular formula is C25H19BO. The highest BCUT2D eigenvalue weighted by Gasteiger charge is 2.26. The molecule has 4 aromatic carbocycles. The van der Waals surface area contributed by atoms with Crippen molar-refractivity contribution in [1.29, 1.82) is 0 Å². The Morgan fingerprint density at radius 3 is 2.52 bits per heavy atom. The second kappa shape index (κ2) is 5.04. The van der Waals surface area contributed by atoms with E-state index in [2.05, 4.69) is 82.4 Å². The molecule has 0 N–H and O–H groups in total. The van der Waals surface area contributed by atoms with E-state index in [1.54, 1.807) is 0 Å². The second-order valence-corrected chi connectivity index (χ2v) is 8.09. The standard InChI is InChI=1S/C25H19BO/c1-13(2)15-10-14-4-3-5-20-23(14)21(11-15)18-8-9-19-17-7-6-16(26)12-22(17)27-25(19)24(18)20/h3-13H,26H2,1-2H3. The number of rotatable bonds is 1. The van der Waals surface area contributed by atoms with E-state index in [-0.39, 0.29) is 0 Å².